The number of ether oxygens (including phenoxy) is 1. The Hall–Kier alpha value is -1.89. The molecule has 0 spiro atoms. The summed E-state index contributed by atoms with van der Waals surface area (Å²) in [7, 11) is 1.56. The van der Waals surface area contributed by atoms with E-state index in [4.69, 9.17) is 9.26 Å². The largest absolute Gasteiger partial charge is 0.416 e. The molecule has 0 aliphatic rings. The van der Waals surface area contributed by atoms with Crippen LogP contribution in [0, 0.1) is 0 Å². The maximum absolute atomic E-state index is 12.9. The fourth-order valence-electron chi connectivity index (χ4n) is 2.46. The van der Waals surface area contributed by atoms with E-state index in [9.17, 15) is 13.2 Å². The first-order valence-electron chi connectivity index (χ1n) is 8.83. The van der Waals surface area contributed by atoms with Gasteiger partial charge in [0, 0.05) is 13.7 Å². The van der Waals surface area contributed by atoms with E-state index in [0.717, 1.165) is 12.1 Å². The number of alkyl halides is 3. The van der Waals surface area contributed by atoms with Crippen molar-refractivity contribution in [2.75, 3.05) is 13.7 Å². The lowest BCUT2D eigenvalue weighted by atomic mass is 10.1. The quantitative estimate of drug-likeness (QED) is 0.319. The third-order valence-corrected chi connectivity index (χ3v) is 3.96. The van der Waals surface area contributed by atoms with Crippen LogP contribution in [0.1, 0.15) is 55.8 Å². The molecule has 11 heteroatoms. The van der Waals surface area contributed by atoms with Crippen LogP contribution in [0.2, 0.25) is 0 Å². The molecule has 0 saturated heterocycles. The lowest BCUT2D eigenvalue weighted by molar-refractivity contribution is -0.137. The second kappa shape index (κ2) is 11.3. The number of aliphatic imine (C=N–C) groups is 1. The molecule has 0 aliphatic heterocycles. The zero-order chi connectivity index (χ0) is 20.7. The molecule has 2 rings (SSSR count). The van der Waals surface area contributed by atoms with Crippen molar-refractivity contribution < 1.29 is 22.4 Å². The van der Waals surface area contributed by atoms with Crippen LogP contribution < -0.4 is 10.6 Å². The van der Waals surface area contributed by atoms with Crippen molar-refractivity contribution in [1.82, 2.24) is 20.8 Å². The van der Waals surface area contributed by atoms with Crippen molar-refractivity contribution in [1.29, 1.82) is 0 Å². The summed E-state index contributed by atoms with van der Waals surface area (Å²) in [6, 6.07) is 4.76. The number of aromatic nitrogens is 2. The smallest absolute Gasteiger partial charge is 0.371 e. The fourth-order valence-corrected chi connectivity index (χ4v) is 2.46. The highest BCUT2D eigenvalue weighted by Gasteiger charge is 2.30. The van der Waals surface area contributed by atoms with E-state index in [1.165, 1.54) is 6.07 Å². The molecule has 2 N–H and O–H groups in total. The van der Waals surface area contributed by atoms with Crippen molar-refractivity contribution >= 4 is 29.9 Å². The predicted molar refractivity (Wildman–Crippen MR) is 113 cm³/mol. The van der Waals surface area contributed by atoms with E-state index in [1.54, 1.807) is 20.0 Å². The summed E-state index contributed by atoms with van der Waals surface area (Å²) in [6.45, 7) is 6.19. The van der Waals surface area contributed by atoms with Crippen LogP contribution in [0.25, 0.3) is 0 Å². The van der Waals surface area contributed by atoms with Crippen LogP contribution in [0.15, 0.2) is 33.8 Å². The van der Waals surface area contributed by atoms with E-state index < -0.39 is 17.8 Å². The zero-order valence-corrected chi connectivity index (χ0v) is 18.9. The van der Waals surface area contributed by atoms with Gasteiger partial charge in [0.1, 0.15) is 6.10 Å². The molecule has 0 fully saturated rings. The monoisotopic (exact) mass is 527 g/mol. The first-order chi connectivity index (χ1) is 13.2. The first-order valence-corrected chi connectivity index (χ1v) is 8.83. The molecule has 2 unspecified atom stereocenters. The number of hydrogen-bond acceptors (Lipinski definition) is 5. The molecular formula is C18H25F3IN5O2. The highest BCUT2D eigenvalue weighted by Crippen LogP contribution is 2.30. The van der Waals surface area contributed by atoms with E-state index >= 15 is 0 Å². The van der Waals surface area contributed by atoms with Gasteiger partial charge < -0.3 is 19.9 Å². The SMILES string of the molecule is CCOC(C)c1noc(CNC(=NC)NC(C)c2cccc(C(F)(F)F)c2)n1.I. The summed E-state index contributed by atoms with van der Waals surface area (Å²) in [6.07, 6.45) is -4.66. The van der Waals surface area contributed by atoms with Crippen LogP contribution >= 0.6 is 24.0 Å². The molecule has 0 bridgehead atoms. The van der Waals surface area contributed by atoms with Gasteiger partial charge in [-0.25, -0.2) is 0 Å². The molecule has 1 aromatic carbocycles. The minimum absolute atomic E-state index is 0. The van der Waals surface area contributed by atoms with Gasteiger partial charge in [-0.15, -0.1) is 24.0 Å². The molecule has 0 amide bonds. The van der Waals surface area contributed by atoms with Crippen molar-refractivity contribution in [2.24, 2.45) is 4.99 Å². The van der Waals surface area contributed by atoms with Gasteiger partial charge in [0.25, 0.3) is 0 Å². The highest BCUT2D eigenvalue weighted by molar-refractivity contribution is 14.0. The van der Waals surface area contributed by atoms with Crippen LogP contribution in [0.4, 0.5) is 13.2 Å². The molecule has 2 atom stereocenters. The fraction of sp³-hybridized carbons (Fsp3) is 0.500. The number of rotatable bonds is 7. The summed E-state index contributed by atoms with van der Waals surface area (Å²) in [5.41, 5.74) is -0.202. The van der Waals surface area contributed by atoms with Gasteiger partial charge in [-0.05, 0) is 38.5 Å². The molecule has 0 radical (unpaired) electrons. The Kier molecular flexibility index (Phi) is 9.83. The maximum Gasteiger partial charge on any atom is 0.416 e. The topological polar surface area (TPSA) is 84.6 Å². The summed E-state index contributed by atoms with van der Waals surface area (Å²) < 4.78 is 49.2. The van der Waals surface area contributed by atoms with Crippen LogP contribution in [0.3, 0.4) is 0 Å². The number of guanidine groups is 1. The molecule has 29 heavy (non-hydrogen) atoms. The standard InChI is InChI=1S/C18H24F3N5O2.HI/c1-5-27-12(3)16-25-15(28-26-16)10-23-17(22-4)24-11(2)13-7-6-8-14(9-13)18(19,20)21;/h6-9,11-12H,5,10H2,1-4H3,(H2,22,23,24);1H. The van der Waals surface area contributed by atoms with E-state index in [-0.39, 0.29) is 36.6 Å². The van der Waals surface area contributed by atoms with Crippen LogP contribution in [0.5, 0.6) is 0 Å². The lowest BCUT2D eigenvalue weighted by Gasteiger charge is -2.18. The van der Waals surface area contributed by atoms with Crippen LogP contribution in [-0.2, 0) is 17.5 Å². The predicted octanol–water partition coefficient (Wildman–Crippen LogP) is 4.23. The van der Waals surface area contributed by atoms with Gasteiger partial charge in [-0.3, -0.25) is 4.99 Å². The third kappa shape index (κ3) is 7.46. The number of benzene rings is 1. The number of hydrogen-bond donors (Lipinski definition) is 2. The molecule has 0 saturated carbocycles. The van der Waals surface area contributed by atoms with Gasteiger partial charge in [-0.2, -0.15) is 18.2 Å². The Morgan fingerprint density at radius 1 is 1.31 bits per heavy atom. The van der Waals surface area contributed by atoms with Gasteiger partial charge in [0.05, 0.1) is 18.2 Å². The van der Waals surface area contributed by atoms with Crippen LogP contribution in [-0.4, -0.2) is 29.8 Å². The normalized spacial score (nSPS) is 14.1. The lowest BCUT2D eigenvalue weighted by Crippen LogP contribution is -2.38. The summed E-state index contributed by atoms with van der Waals surface area (Å²) in [5, 5.41) is 9.90. The molecule has 1 heterocycles. The zero-order valence-electron chi connectivity index (χ0n) is 16.6. The van der Waals surface area contributed by atoms with Crippen molar-refractivity contribution in [3.05, 3.63) is 47.1 Å². The Morgan fingerprint density at radius 3 is 2.66 bits per heavy atom. The number of halogens is 4. The van der Waals surface area contributed by atoms with E-state index in [2.05, 4.69) is 25.8 Å². The van der Waals surface area contributed by atoms with Gasteiger partial charge >= 0.3 is 6.18 Å². The molecule has 0 aliphatic carbocycles. The summed E-state index contributed by atoms with van der Waals surface area (Å²) in [5.74, 6) is 1.18. The highest BCUT2D eigenvalue weighted by atomic mass is 127. The third-order valence-electron chi connectivity index (χ3n) is 3.96. The molecule has 162 valence electrons. The number of nitrogens with one attached hydrogen (secondary N) is 2. The van der Waals surface area contributed by atoms with Gasteiger partial charge in [-0.1, -0.05) is 17.3 Å². The first kappa shape index (κ1) is 25.1. The number of nitrogens with zero attached hydrogens (tertiary/aromatic N) is 3. The van der Waals surface area contributed by atoms with E-state index in [1.807, 2.05) is 13.8 Å². The molecule has 1 aromatic heterocycles. The maximum atomic E-state index is 12.9. The Labute approximate surface area is 184 Å². The average molecular weight is 527 g/mol. The Bertz CT molecular complexity index is 798. The van der Waals surface area contributed by atoms with Crippen molar-refractivity contribution in [3.8, 4) is 0 Å². The molecule has 7 nitrogen and oxygen atoms in total. The Morgan fingerprint density at radius 2 is 2.03 bits per heavy atom. The molecule has 2 aromatic rings. The summed E-state index contributed by atoms with van der Waals surface area (Å²) >= 11 is 0. The second-order valence-electron chi connectivity index (χ2n) is 6.06. The minimum atomic E-state index is -4.38. The van der Waals surface area contributed by atoms with E-state index in [0.29, 0.717) is 29.8 Å². The van der Waals surface area contributed by atoms with Crippen molar-refractivity contribution in [3.63, 3.8) is 0 Å². The molecular weight excluding hydrogens is 502 g/mol. The second-order valence-corrected chi connectivity index (χ2v) is 6.06. The van der Waals surface area contributed by atoms with Crippen molar-refractivity contribution in [2.45, 2.75) is 45.6 Å². The van der Waals surface area contributed by atoms with Gasteiger partial charge in [0.15, 0.2) is 11.8 Å². The minimum Gasteiger partial charge on any atom is -0.371 e. The van der Waals surface area contributed by atoms with Gasteiger partial charge in [0.2, 0.25) is 5.89 Å². The summed E-state index contributed by atoms with van der Waals surface area (Å²) in [4.78, 5) is 8.31. The Balaban J connectivity index is 0.00000420. The average Bonchev–Trinajstić information content (AvgIpc) is 3.13.